The SMILES string of the molecule is [2H]C([2H])([2H])n1cc(C[C@H](C(=O)NC(C)(C)Cn2nc(C(F)(F)F)cc2-c2cnc(C(C)(C)O)nc2)N2CCc3c(B4OC(C)(C)C(C)(C)O4)ccc(F)c3C2=O)cn1. The minimum Gasteiger partial charge on any atom is -0.399 e. The van der Waals surface area contributed by atoms with E-state index in [9.17, 15) is 27.9 Å². The lowest BCUT2D eigenvalue weighted by atomic mass is 9.72. The predicted molar refractivity (Wildman–Crippen MR) is 193 cm³/mol. The molecule has 55 heavy (non-hydrogen) atoms. The van der Waals surface area contributed by atoms with Gasteiger partial charge in [-0.1, -0.05) is 6.07 Å². The Kier molecular flexibility index (Phi) is 9.04. The van der Waals surface area contributed by atoms with Crippen LogP contribution in [-0.4, -0.2) is 87.8 Å². The van der Waals surface area contributed by atoms with Crippen molar-refractivity contribution in [1.29, 1.82) is 0 Å². The summed E-state index contributed by atoms with van der Waals surface area (Å²) in [6, 6.07) is 2.11. The van der Waals surface area contributed by atoms with Gasteiger partial charge in [0.05, 0.1) is 40.7 Å². The average Bonchev–Trinajstić information content (AvgIpc) is 3.79. The van der Waals surface area contributed by atoms with Crippen LogP contribution in [0.25, 0.3) is 11.3 Å². The van der Waals surface area contributed by atoms with E-state index < -0.39 is 72.0 Å². The molecule has 1 atom stereocenters. The zero-order valence-corrected chi connectivity index (χ0v) is 31.7. The number of halogens is 4. The molecule has 0 saturated carbocycles. The van der Waals surface area contributed by atoms with Gasteiger partial charge in [0.15, 0.2) is 11.5 Å². The second kappa shape index (κ2) is 13.8. The molecular weight excluding hydrogens is 723 g/mol. The maximum atomic E-state index is 15.7. The molecule has 4 aromatic rings. The Labute approximate surface area is 320 Å². The van der Waals surface area contributed by atoms with Crippen molar-refractivity contribution in [3.05, 3.63) is 77.0 Å². The molecule has 0 bridgehead atoms. The van der Waals surface area contributed by atoms with Gasteiger partial charge in [0, 0.05) is 48.2 Å². The van der Waals surface area contributed by atoms with Gasteiger partial charge in [-0.3, -0.25) is 19.0 Å². The van der Waals surface area contributed by atoms with E-state index in [4.69, 9.17) is 13.4 Å². The summed E-state index contributed by atoms with van der Waals surface area (Å²) in [5, 5.41) is 20.8. The smallest absolute Gasteiger partial charge is 0.399 e. The van der Waals surface area contributed by atoms with E-state index >= 15 is 4.39 Å². The number of benzene rings is 1. The maximum absolute atomic E-state index is 15.7. The molecule has 0 radical (unpaired) electrons. The van der Waals surface area contributed by atoms with Gasteiger partial charge in [0.1, 0.15) is 17.5 Å². The highest BCUT2D eigenvalue weighted by molar-refractivity contribution is 6.62. The van der Waals surface area contributed by atoms with Crippen molar-refractivity contribution >= 4 is 24.4 Å². The highest BCUT2D eigenvalue weighted by Gasteiger charge is 2.53. The Morgan fingerprint density at radius 3 is 2.33 bits per heavy atom. The quantitative estimate of drug-likeness (QED) is 0.181. The van der Waals surface area contributed by atoms with E-state index in [0.717, 1.165) is 21.5 Å². The van der Waals surface area contributed by atoms with Gasteiger partial charge < -0.3 is 24.6 Å². The monoisotopic (exact) mass is 771 g/mol. The molecule has 1 aromatic carbocycles. The minimum atomic E-state index is -4.83. The van der Waals surface area contributed by atoms with Gasteiger partial charge in [-0.25, -0.2) is 14.4 Å². The van der Waals surface area contributed by atoms with Crippen LogP contribution in [0.2, 0.25) is 0 Å². The lowest BCUT2D eigenvalue weighted by Crippen LogP contribution is -2.58. The zero-order valence-electron chi connectivity index (χ0n) is 34.7. The number of alkyl halides is 3. The van der Waals surface area contributed by atoms with E-state index in [1.165, 1.54) is 49.6 Å². The second-order valence-electron chi connectivity index (χ2n) is 16.1. The molecule has 1 fully saturated rings. The molecule has 2 amide bonds. The maximum Gasteiger partial charge on any atom is 0.495 e. The largest absolute Gasteiger partial charge is 0.495 e. The number of aromatic nitrogens is 6. The van der Waals surface area contributed by atoms with Crippen LogP contribution in [0.15, 0.2) is 43.0 Å². The number of carbonyl (C=O) groups is 2. The molecule has 6 rings (SSSR count). The molecule has 0 aliphatic carbocycles. The van der Waals surface area contributed by atoms with E-state index in [2.05, 4.69) is 25.5 Å². The summed E-state index contributed by atoms with van der Waals surface area (Å²) < 4.78 is 95.1. The number of rotatable bonds is 10. The molecule has 2 N–H and O–H groups in total. The first-order valence-electron chi connectivity index (χ1n) is 19.1. The molecule has 294 valence electrons. The third-order valence-corrected chi connectivity index (χ3v) is 10.2. The summed E-state index contributed by atoms with van der Waals surface area (Å²) in [6.45, 7) is 10.4. The molecule has 13 nitrogen and oxygen atoms in total. The lowest BCUT2D eigenvalue weighted by molar-refractivity contribution is -0.141. The Hall–Kier alpha value is -4.68. The summed E-state index contributed by atoms with van der Waals surface area (Å²) in [5.41, 5.74) is -4.45. The van der Waals surface area contributed by atoms with Crippen LogP contribution in [-0.2, 0) is 52.2 Å². The number of fused-ring (bicyclic) bond motifs is 1. The van der Waals surface area contributed by atoms with Crippen LogP contribution in [0.4, 0.5) is 17.6 Å². The average molecular weight is 772 g/mol. The number of amides is 2. The fourth-order valence-electron chi connectivity index (χ4n) is 6.65. The van der Waals surface area contributed by atoms with Crippen molar-refractivity contribution < 1.29 is 45.7 Å². The van der Waals surface area contributed by atoms with Crippen LogP contribution < -0.4 is 10.8 Å². The van der Waals surface area contributed by atoms with E-state index in [1.54, 1.807) is 13.8 Å². The fraction of sp³-hybridized carbons (Fsp3) is 0.514. The molecule has 0 spiro atoms. The van der Waals surface area contributed by atoms with Gasteiger partial charge in [-0.05, 0) is 90.5 Å². The number of aryl methyl sites for hydroxylation is 1. The van der Waals surface area contributed by atoms with Crippen LogP contribution in [0.1, 0.15) is 92.5 Å². The van der Waals surface area contributed by atoms with Crippen LogP contribution in [0, 0.1) is 5.82 Å². The van der Waals surface area contributed by atoms with Gasteiger partial charge in [0.2, 0.25) is 5.91 Å². The molecule has 2 aliphatic heterocycles. The van der Waals surface area contributed by atoms with E-state index in [1.807, 2.05) is 27.7 Å². The van der Waals surface area contributed by atoms with Crippen molar-refractivity contribution in [2.45, 2.75) is 109 Å². The van der Waals surface area contributed by atoms with Gasteiger partial charge in [-0.2, -0.15) is 23.4 Å². The second-order valence-corrected chi connectivity index (χ2v) is 16.1. The molecule has 3 aromatic heterocycles. The van der Waals surface area contributed by atoms with Crippen LogP contribution >= 0.6 is 0 Å². The summed E-state index contributed by atoms with van der Waals surface area (Å²) in [6.07, 6.45) is 0.0137. The third kappa shape index (κ3) is 8.03. The zero-order chi connectivity index (χ0) is 43.0. The van der Waals surface area contributed by atoms with Crippen molar-refractivity contribution in [3.8, 4) is 11.3 Å². The predicted octanol–water partition coefficient (Wildman–Crippen LogP) is 3.96. The summed E-state index contributed by atoms with van der Waals surface area (Å²) in [5.74, 6) is -2.35. The molecule has 0 unspecified atom stereocenters. The van der Waals surface area contributed by atoms with Crippen molar-refractivity contribution in [1.82, 2.24) is 39.7 Å². The van der Waals surface area contributed by atoms with Crippen molar-refractivity contribution in [2.75, 3.05) is 6.54 Å². The van der Waals surface area contributed by atoms with Crippen LogP contribution in [0.5, 0.6) is 0 Å². The first kappa shape index (κ1) is 36.0. The first-order chi connectivity index (χ1) is 26.6. The Bertz CT molecular complexity index is 2200. The Morgan fingerprint density at radius 1 is 1.09 bits per heavy atom. The third-order valence-electron chi connectivity index (χ3n) is 10.2. The Balaban J connectivity index is 1.33. The first-order valence-corrected chi connectivity index (χ1v) is 17.6. The topological polar surface area (TPSA) is 150 Å². The molecule has 5 heterocycles. The minimum absolute atomic E-state index is 0.0262. The van der Waals surface area contributed by atoms with Gasteiger partial charge in [0.25, 0.3) is 5.91 Å². The Morgan fingerprint density at radius 2 is 1.75 bits per heavy atom. The summed E-state index contributed by atoms with van der Waals surface area (Å²) >= 11 is 0. The molecule has 18 heteroatoms. The molecular formula is C37H45BF4N8O5. The molecule has 2 aliphatic rings. The number of carbonyl (C=O) groups excluding carboxylic acids is 2. The van der Waals surface area contributed by atoms with Crippen molar-refractivity contribution in [2.24, 2.45) is 6.98 Å². The summed E-state index contributed by atoms with van der Waals surface area (Å²) in [4.78, 5) is 38.2. The van der Waals surface area contributed by atoms with E-state index in [0.29, 0.717) is 11.0 Å². The standard InChI is InChI=1S/C37H45BF4N8O5/c1-33(2,20-50-26(15-28(47-50)37(40,41)42)22-17-43-32(44-18-22)34(3,4)53)46-30(51)27(14-21-16-45-48(9)19-21)49-13-12-23-24(10-11-25(39)29(23)31(49)52)38-54-35(5,6)36(7,8)55-38/h10-11,15-19,27,53H,12-14,20H2,1-9H3,(H,46,51)/t27-/m1/s1/i9D3. The summed E-state index contributed by atoms with van der Waals surface area (Å²) in [7, 11) is -0.902. The molecule has 1 saturated heterocycles. The number of aliphatic hydroxyl groups is 1. The number of nitrogens with one attached hydrogen (secondary N) is 1. The fourth-order valence-corrected chi connectivity index (χ4v) is 6.65. The van der Waals surface area contributed by atoms with Crippen molar-refractivity contribution in [3.63, 3.8) is 0 Å². The number of hydrogen-bond donors (Lipinski definition) is 2. The van der Waals surface area contributed by atoms with Crippen LogP contribution in [0.3, 0.4) is 0 Å². The number of nitrogens with zero attached hydrogens (tertiary/aromatic N) is 7. The number of hydrogen-bond acceptors (Lipinski definition) is 9. The normalized spacial score (nSPS) is 18.8. The highest BCUT2D eigenvalue weighted by Crippen LogP contribution is 2.38. The van der Waals surface area contributed by atoms with E-state index in [-0.39, 0.29) is 54.1 Å². The highest BCUT2D eigenvalue weighted by atomic mass is 19.4. The van der Waals surface area contributed by atoms with Gasteiger partial charge in [-0.15, -0.1) is 0 Å². The van der Waals surface area contributed by atoms with Gasteiger partial charge >= 0.3 is 13.3 Å². The lowest BCUT2D eigenvalue weighted by Gasteiger charge is -2.37.